The Balaban J connectivity index is 1.45. The van der Waals surface area contributed by atoms with E-state index in [2.05, 4.69) is 20.4 Å². The second-order valence-corrected chi connectivity index (χ2v) is 8.66. The Hall–Kier alpha value is -3.55. The molecule has 0 aliphatic heterocycles. The third-order valence-electron chi connectivity index (χ3n) is 5.11. The molecule has 3 aromatic heterocycles. The highest BCUT2D eigenvalue weighted by Gasteiger charge is 2.23. The second-order valence-electron chi connectivity index (χ2n) is 7.27. The number of thiazole rings is 1. The van der Waals surface area contributed by atoms with Crippen LogP contribution in [0.1, 0.15) is 21.7 Å². The Morgan fingerprint density at radius 2 is 1.94 bits per heavy atom. The van der Waals surface area contributed by atoms with E-state index >= 15 is 0 Å². The fourth-order valence-electron chi connectivity index (χ4n) is 3.49. The van der Waals surface area contributed by atoms with Crippen LogP contribution in [-0.2, 0) is 0 Å². The first-order valence-corrected chi connectivity index (χ1v) is 11.1. The number of anilines is 1. The summed E-state index contributed by atoms with van der Waals surface area (Å²) in [7, 11) is 0. The van der Waals surface area contributed by atoms with Crippen molar-refractivity contribution in [1.82, 2.24) is 15.1 Å². The first kappa shape index (κ1) is 20.4. The number of halogens is 1. The van der Waals surface area contributed by atoms with Gasteiger partial charge >= 0.3 is 0 Å². The third-order valence-corrected chi connectivity index (χ3v) is 6.46. The quantitative estimate of drug-likeness (QED) is 0.329. The van der Waals surface area contributed by atoms with Gasteiger partial charge in [0.2, 0.25) is 0 Å². The summed E-state index contributed by atoms with van der Waals surface area (Å²) in [6.45, 7) is 3.65. The van der Waals surface area contributed by atoms with E-state index in [-0.39, 0.29) is 5.91 Å². The van der Waals surface area contributed by atoms with Crippen molar-refractivity contribution in [2.24, 2.45) is 0 Å². The van der Waals surface area contributed by atoms with Gasteiger partial charge in [-0.05, 0) is 55.8 Å². The van der Waals surface area contributed by atoms with Gasteiger partial charge in [0.1, 0.15) is 32.4 Å². The van der Waals surface area contributed by atoms with Gasteiger partial charge in [0, 0.05) is 23.0 Å². The van der Waals surface area contributed by atoms with E-state index in [4.69, 9.17) is 16.1 Å². The van der Waals surface area contributed by atoms with Crippen LogP contribution in [0.2, 0.25) is 5.02 Å². The molecular weight excluding hydrogens is 444 g/mol. The number of amides is 1. The predicted octanol–water partition coefficient (Wildman–Crippen LogP) is 6.54. The lowest BCUT2D eigenvalue weighted by Crippen LogP contribution is -2.14. The average molecular weight is 461 g/mol. The van der Waals surface area contributed by atoms with Gasteiger partial charge in [-0.1, -0.05) is 46.3 Å². The molecule has 5 rings (SSSR count). The van der Waals surface area contributed by atoms with Crippen LogP contribution in [0.25, 0.3) is 32.2 Å². The summed E-state index contributed by atoms with van der Waals surface area (Å²) in [6, 6.07) is 16.9. The van der Waals surface area contributed by atoms with Crippen LogP contribution in [0.3, 0.4) is 0 Å². The number of pyridine rings is 1. The van der Waals surface area contributed by atoms with Crippen molar-refractivity contribution in [3.8, 4) is 21.8 Å². The number of aromatic nitrogens is 3. The summed E-state index contributed by atoms with van der Waals surface area (Å²) in [5, 5.41) is 8.44. The predicted molar refractivity (Wildman–Crippen MR) is 127 cm³/mol. The molecule has 3 heterocycles. The zero-order valence-electron chi connectivity index (χ0n) is 17.2. The number of aryl methyl sites for hydroxylation is 2. The number of nitrogens with one attached hydrogen (secondary N) is 1. The number of nitrogens with zero attached hydrogens (tertiary/aromatic N) is 3. The summed E-state index contributed by atoms with van der Waals surface area (Å²) >= 11 is 7.85. The van der Waals surface area contributed by atoms with Crippen molar-refractivity contribution in [2.75, 3.05) is 5.32 Å². The van der Waals surface area contributed by atoms with E-state index in [1.807, 2.05) is 55.5 Å². The van der Waals surface area contributed by atoms with Crippen LogP contribution < -0.4 is 5.32 Å². The van der Waals surface area contributed by atoms with Gasteiger partial charge in [-0.25, -0.2) is 9.97 Å². The van der Waals surface area contributed by atoms with Crippen LogP contribution in [0.15, 0.2) is 65.3 Å². The summed E-state index contributed by atoms with van der Waals surface area (Å²) in [4.78, 5) is 23.1. The van der Waals surface area contributed by atoms with Crippen LogP contribution >= 0.6 is 22.9 Å². The highest BCUT2D eigenvalue weighted by atomic mass is 35.5. The van der Waals surface area contributed by atoms with Crippen molar-refractivity contribution >= 4 is 44.9 Å². The Kier molecular flexibility index (Phi) is 5.20. The fraction of sp³-hybridized carbons (Fsp3) is 0.0833. The molecule has 1 amide bonds. The topological polar surface area (TPSA) is 80.9 Å². The molecule has 0 saturated heterocycles. The molecule has 0 fully saturated rings. The maximum absolute atomic E-state index is 13.2. The Morgan fingerprint density at radius 3 is 2.72 bits per heavy atom. The molecule has 0 saturated carbocycles. The van der Waals surface area contributed by atoms with E-state index in [0.29, 0.717) is 33.3 Å². The Morgan fingerprint density at radius 1 is 1.09 bits per heavy atom. The van der Waals surface area contributed by atoms with Crippen LogP contribution in [-0.4, -0.2) is 21.0 Å². The van der Waals surface area contributed by atoms with Gasteiger partial charge in [-0.3, -0.25) is 4.79 Å². The van der Waals surface area contributed by atoms with Crippen molar-refractivity contribution in [3.63, 3.8) is 0 Å². The van der Waals surface area contributed by atoms with Crippen molar-refractivity contribution in [1.29, 1.82) is 0 Å². The Bertz CT molecular complexity index is 1440. The first-order chi connectivity index (χ1) is 15.5. The summed E-state index contributed by atoms with van der Waals surface area (Å²) in [5.41, 5.74) is 4.88. The van der Waals surface area contributed by atoms with Crippen molar-refractivity contribution in [2.45, 2.75) is 13.8 Å². The third kappa shape index (κ3) is 3.66. The van der Waals surface area contributed by atoms with E-state index in [0.717, 1.165) is 26.5 Å². The SMILES string of the molecule is Cc1cc(-c2nc3cccnc3s2)ccc1NC(=O)c1c(-c2ccccc2Cl)noc1C. The highest BCUT2D eigenvalue weighted by molar-refractivity contribution is 7.21. The first-order valence-electron chi connectivity index (χ1n) is 9.86. The summed E-state index contributed by atoms with van der Waals surface area (Å²) < 4.78 is 5.32. The molecule has 0 radical (unpaired) electrons. The Labute approximate surface area is 192 Å². The van der Waals surface area contributed by atoms with Gasteiger partial charge in [0.05, 0.1) is 5.02 Å². The smallest absolute Gasteiger partial charge is 0.261 e. The molecule has 8 heteroatoms. The molecule has 0 atom stereocenters. The number of carbonyl (C=O) groups excluding carboxylic acids is 1. The molecule has 0 aliphatic rings. The second kappa shape index (κ2) is 8.18. The molecule has 1 N–H and O–H groups in total. The minimum Gasteiger partial charge on any atom is -0.360 e. The number of benzene rings is 2. The van der Waals surface area contributed by atoms with Crippen LogP contribution in [0.5, 0.6) is 0 Å². The number of hydrogen-bond acceptors (Lipinski definition) is 6. The number of rotatable bonds is 4. The van der Waals surface area contributed by atoms with Crippen LogP contribution in [0, 0.1) is 13.8 Å². The minimum atomic E-state index is -0.307. The number of hydrogen-bond donors (Lipinski definition) is 1. The standard InChI is InChI=1S/C24H17ClN4O2S/c1-13-12-15(23-28-19-8-5-11-26-24(19)32-23)9-10-18(13)27-22(30)20-14(2)31-29-21(20)16-6-3-4-7-17(16)25/h3-12H,1-2H3,(H,27,30). The maximum atomic E-state index is 13.2. The molecule has 0 unspecified atom stereocenters. The zero-order chi connectivity index (χ0) is 22.2. The monoisotopic (exact) mass is 460 g/mol. The van der Waals surface area contributed by atoms with E-state index in [1.54, 1.807) is 19.2 Å². The molecule has 5 aromatic rings. The van der Waals surface area contributed by atoms with E-state index < -0.39 is 0 Å². The van der Waals surface area contributed by atoms with Gasteiger partial charge < -0.3 is 9.84 Å². The van der Waals surface area contributed by atoms with Gasteiger partial charge in [-0.15, -0.1) is 0 Å². The molecule has 6 nitrogen and oxygen atoms in total. The molecule has 2 aromatic carbocycles. The number of carbonyl (C=O) groups is 1. The van der Waals surface area contributed by atoms with Crippen molar-refractivity contribution in [3.05, 3.63) is 82.7 Å². The molecule has 0 aliphatic carbocycles. The van der Waals surface area contributed by atoms with Crippen molar-refractivity contribution < 1.29 is 9.32 Å². The van der Waals surface area contributed by atoms with E-state index in [9.17, 15) is 4.79 Å². The molecule has 0 spiro atoms. The molecule has 0 bridgehead atoms. The maximum Gasteiger partial charge on any atom is 0.261 e. The number of fused-ring (bicyclic) bond motifs is 1. The highest BCUT2D eigenvalue weighted by Crippen LogP contribution is 2.33. The van der Waals surface area contributed by atoms with Gasteiger partial charge in [-0.2, -0.15) is 0 Å². The fourth-order valence-corrected chi connectivity index (χ4v) is 4.62. The van der Waals surface area contributed by atoms with Crippen LogP contribution in [0.4, 0.5) is 5.69 Å². The van der Waals surface area contributed by atoms with Gasteiger partial charge in [0.25, 0.3) is 5.91 Å². The zero-order valence-corrected chi connectivity index (χ0v) is 18.8. The lowest BCUT2D eigenvalue weighted by Gasteiger charge is -2.10. The lowest BCUT2D eigenvalue weighted by molar-refractivity contribution is 0.102. The molecule has 158 valence electrons. The lowest BCUT2D eigenvalue weighted by atomic mass is 10.0. The normalized spacial score (nSPS) is 11.1. The van der Waals surface area contributed by atoms with Gasteiger partial charge in [0.15, 0.2) is 0 Å². The molecule has 32 heavy (non-hydrogen) atoms. The molecular formula is C24H17ClN4O2S. The summed E-state index contributed by atoms with van der Waals surface area (Å²) in [6.07, 6.45) is 1.76. The average Bonchev–Trinajstić information content (AvgIpc) is 3.39. The van der Waals surface area contributed by atoms with E-state index in [1.165, 1.54) is 11.3 Å². The largest absolute Gasteiger partial charge is 0.360 e. The minimum absolute atomic E-state index is 0.307. The summed E-state index contributed by atoms with van der Waals surface area (Å²) in [5.74, 6) is 0.118.